The van der Waals surface area contributed by atoms with Gasteiger partial charge in [0.1, 0.15) is 18.3 Å². The average molecular weight is 329 g/mol. The molecule has 8 nitrogen and oxygen atoms in total. The van der Waals surface area contributed by atoms with Gasteiger partial charge in [0.2, 0.25) is 5.91 Å². The number of nitrogens with zero attached hydrogens (tertiary/aromatic N) is 3. The highest BCUT2D eigenvalue weighted by Crippen LogP contribution is 2.42. The number of carbonyl (C=O) groups is 1. The second-order valence-corrected chi connectivity index (χ2v) is 6.02. The number of aromatic nitrogens is 2. The van der Waals surface area contributed by atoms with E-state index in [1.807, 2.05) is 0 Å². The summed E-state index contributed by atoms with van der Waals surface area (Å²) in [6, 6.07) is -0.450. The molecule has 1 N–H and O–H groups in total. The lowest BCUT2D eigenvalue weighted by molar-refractivity contribution is -0.156. The van der Waals surface area contributed by atoms with Crippen molar-refractivity contribution < 1.29 is 28.3 Å². The summed E-state index contributed by atoms with van der Waals surface area (Å²) >= 11 is 0. The van der Waals surface area contributed by atoms with Crippen molar-refractivity contribution in [3.63, 3.8) is 0 Å². The second-order valence-electron chi connectivity index (χ2n) is 6.02. The van der Waals surface area contributed by atoms with Gasteiger partial charge in [-0.2, -0.15) is 4.98 Å². The van der Waals surface area contributed by atoms with Gasteiger partial charge in [-0.3, -0.25) is 4.79 Å². The quantitative estimate of drug-likeness (QED) is 0.825. The third-order valence-corrected chi connectivity index (χ3v) is 4.32. The molecule has 0 spiro atoms. The minimum absolute atomic E-state index is 0.0492. The molecule has 0 bridgehead atoms. The Hall–Kier alpha value is -1.58. The van der Waals surface area contributed by atoms with Crippen molar-refractivity contribution in [2.24, 2.45) is 5.92 Å². The van der Waals surface area contributed by atoms with E-state index >= 15 is 0 Å². The molecule has 1 atom stereocenters. The summed E-state index contributed by atoms with van der Waals surface area (Å²) in [5, 5.41) is 12.9. The van der Waals surface area contributed by atoms with Crippen molar-refractivity contribution in [2.75, 3.05) is 33.5 Å². The zero-order valence-corrected chi connectivity index (χ0v) is 12.9. The minimum atomic E-state index is -1.63. The predicted molar refractivity (Wildman–Crippen MR) is 73.9 cm³/mol. The molecule has 1 amide bonds. The fraction of sp³-hybridized carbons (Fsp3) is 0.786. The Bertz CT molecular complexity index is 560. The summed E-state index contributed by atoms with van der Waals surface area (Å²) < 4.78 is 29.2. The van der Waals surface area contributed by atoms with Gasteiger partial charge in [-0.25, -0.2) is 4.39 Å². The molecule has 1 aromatic rings. The van der Waals surface area contributed by atoms with Crippen LogP contribution in [-0.2, 0) is 20.9 Å². The van der Waals surface area contributed by atoms with Crippen molar-refractivity contribution in [1.29, 1.82) is 0 Å². The maximum absolute atomic E-state index is 13.8. The number of ether oxygens (including phenoxy) is 2. The molecular formula is C14H20FN3O5. The van der Waals surface area contributed by atoms with E-state index in [-0.39, 0.29) is 32.0 Å². The number of rotatable bonds is 5. The first-order chi connectivity index (χ1) is 11.1. The van der Waals surface area contributed by atoms with Gasteiger partial charge in [-0.1, -0.05) is 5.16 Å². The molecule has 9 heteroatoms. The van der Waals surface area contributed by atoms with E-state index in [4.69, 9.17) is 19.1 Å². The van der Waals surface area contributed by atoms with Crippen LogP contribution < -0.4 is 0 Å². The van der Waals surface area contributed by atoms with E-state index < -0.39 is 24.2 Å². The second kappa shape index (κ2) is 6.50. The molecule has 2 heterocycles. The van der Waals surface area contributed by atoms with Crippen LogP contribution in [0.2, 0.25) is 0 Å². The first-order valence-electron chi connectivity index (χ1n) is 7.56. The van der Waals surface area contributed by atoms with Crippen molar-refractivity contribution in [3.8, 4) is 0 Å². The van der Waals surface area contributed by atoms with Crippen molar-refractivity contribution in [2.45, 2.75) is 31.2 Å². The van der Waals surface area contributed by atoms with Gasteiger partial charge in [-0.05, 0) is 12.8 Å². The standard InChI is InChI=1S/C14H20FN3O5/c1-21-7-11-16-12(17-23-11)10-6-22-3-2-18(10)13(20)9-4-14(15,5-9)8-19/h9-10,19H,2-8H2,1H3. The van der Waals surface area contributed by atoms with E-state index in [2.05, 4.69) is 10.1 Å². The Morgan fingerprint density at radius 1 is 1.57 bits per heavy atom. The highest BCUT2D eigenvalue weighted by atomic mass is 19.1. The summed E-state index contributed by atoms with van der Waals surface area (Å²) in [6.45, 7) is 0.725. The Morgan fingerprint density at radius 3 is 3.04 bits per heavy atom. The van der Waals surface area contributed by atoms with E-state index in [1.165, 1.54) is 7.11 Å². The van der Waals surface area contributed by atoms with Gasteiger partial charge in [0.25, 0.3) is 5.89 Å². The first-order valence-corrected chi connectivity index (χ1v) is 7.56. The summed E-state index contributed by atoms with van der Waals surface area (Å²) in [5.74, 6) is 0.112. The van der Waals surface area contributed by atoms with Crippen LogP contribution in [0.15, 0.2) is 4.52 Å². The van der Waals surface area contributed by atoms with Gasteiger partial charge in [0, 0.05) is 19.6 Å². The van der Waals surface area contributed by atoms with Crippen LogP contribution >= 0.6 is 0 Å². The molecule has 1 unspecified atom stereocenters. The molecule has 1 aromatic heterocycles. The highest BCUT2D eigenvalue weighted by molar-refractivity contribution is 5.80. The molecule has 0 aromatic carbocycles. The van der Waals surface area contributed by atoms with Crippen LogP contribution in [0.5, 0.6) is 0 Å². The normalized spacial score (nSPS) is 31.0. The maximum atomic E-state index is 13.8. The largest absolute Gasteiger partial charge is 0.393 e. The van der Waals surface area contributed by atoms with Crippen LogP contribution in [0.1, 0.15) is 30.6 Å². The number of aliphatic hydroxyl groups is 1. The maximum Gasteiger partial charge on any atom is 0.252 e. The average Bonchev–Trinajstić information content (AvgIpc) is 3.00. The third kappa shape index (κ3) is 3.22. The lowest BCUT2D eigenvalue weighted by Gasteiger charge is -2.43. The Kier molecular flexibility index (Phi) is 4.60. The van der Waals surface area contributed by atoms with E-state index in [0.717, 1.165) is 0 Å². The summed E-state index contributed by atoms with van der Waals surface area (Å²) in [6.07, 6.45) is 0.0984. The number of hydrogen-bond acceptors (Lipinski definition) is 7. The summed E-state index contributed by atoms with van der Waals surface area (Å²) in [7, 11) is 1.52. The number of alkyl halides is 1. The summed E-state index contributed by atoms with van der Waals surface area (Å²) in [4.78, 5) is 18.4. The molecule has 1 aliphatic carbocycles. The Balaban J connectivity index is 1.70. The number of carbonyl (C=O) groups excluding carboxylic acids is 1. The molecule has 3 rings (SSSR count). The van der Waals surface area contributed by atoms with Crippen molar-refractivity contribution in [3.05, 3.63) is 11.7 Å². The number of methoxy groups -OCH3 is 1. The topological polar surface area (TPSA) is 97.9 Å². The number of aliphatic hydroxyl groups excluding tert-OH is 1. The minimum Gasteiger partial charge on any atom is -0.393 e. The van der Waals surface area contributed by atoms with Crippen LogP contribution in [0, 0.1) is 5.92 Å². The predicted octanol–water partition coefficient (Wildman–Crippen LogP) is 0.227. The SMILES string of the molecule is COCc1nc(C2COCCN2C(=O)C2CC(F)(CO)C2)no1. The monoisotopic (exact) mass is 329 g/mol. The van der Waals surface area contributed by atoms with Gasteiger partial charge < -0.3 is 24.0 Å². The lowest BCUT2D eigenvalue weighted by atomic mass is 9.72. The van der Waals surface area contributed by atoms with Crippen LogP contribution in [0.4, 0.5) is 4.39 Å². The molecule has 128 valence electrons. The molecule has 0 radical (unpaired) electrons. The molecular weight excluding hydrogens is 309 g/mol. The van der Waals surface area contributed by atoms with Gasteiger partial charge in [0.15, 0.2) is 5.82 Å². The molecule has 1 aliphatic heterocycles. The molecule has 23 heavy (non-hydrogen) atoms. The Labute approximate surface area is 132 Å². The number of halogens is 1. The smallest absolute Gasteiger partial charge is 0.252 e. The van der Waals surface area contributed by atoms with Gasteiger partial charge in [-0.15, -0.1) is 0 Å². The molecule has 2 fully saturated rings. The van der Waals surface area contributed by atoms with Gasteiger partial charge in [0.05, 0.1) is 19.8 Å². The molecule has 1 saturated heterocycles. The molecule has 2 aliphatic rings. The van der Waals surface area contributed by atoms with E-state index in [0.29, 0.717) is 24.9 Å². The zero-order valence-electron chi connectivity index (χ0n) is 12.9. The van der Waals surface area contributed by atoms with E-state index in [1.54, 1.807) is 4.90 Å². The Morgan fingerprint density at radius 2 is 2.35 bits per heavy atom. The first kappa shape index (κ1) is 16.3. The summed E-state index contributed by atoms with van der Waals surface area (Å²) in [5.41, 5.74) is -1.63. The number of hydrogen-bond donors (Lipinski definition) is 1. The van der Waals surface area contributed by atoms with Crippen LogP contribution in [-0.4, -0.2) is 65.2 Å². The van der Waals surface area contributed by atoms with Crippen LogP contribution in [0.3, 0.4) is 0 Å². The zero-order chi connectivity index (χ0) is 16.4. The van der Waals surface area contributed by atoms with Crippen LogP contribution in [0.25, 0.3) is 0 Å². The fourth-order valence-corrected chi connectivity index (χ4v) is 3.03. The highest BCUT2D eigenvalue weighted by Gasteiger charge is 2.50. The van der Waals surface area contributed by atoms with Gasteiger partial charge >= 0.3 is 0 Å². The number of amides is 1. The fourth-order valence-electron chi connectivity index (χ4n) is 3.03. The third-order valence-electron chi connectivity index (χ3n) is 4.32. The van der Waals surface area contributed by atoms with Crippen molar-refractivity contribution >= 4 is 5.91 Å². The lowest BCUT2D eigenvalue weighted by Crippen LogP contribution is -2.53. The number of morpholine rings is 1. The van der Waals surface area contributed by atoms with Crippen molar-refractivity contribution in [1.82, 2.24) is 15.0 Å². The van der Waals surface area contributed by atoms with E-state index in [9.17, 15) is 9.18 Å². The molecule has 1 saturated carbocycles.